The number of hydrogen-bond donors (Lipinski definition) is 0. The number of nitriles is 1. The Labute approximate surface area is 179 Å². The number of nitrogens with zero attached hydrogens (tertiary/aromatic N) is 6. The Morgan fingerprint density at radius 2 is 1.87 bits per heavy atom. The van der Waals surface area contributed by atoms with Crippen LogP contribution < -0.4 is 4.90 Å². The van der Waals surface area contributed by atoms with E-state index in [2.05, 4.69) is 38.6 Å². The Morgan fingerprint density at radius 1 is 1.03 bits per heavy atom. The smallest absolute Gasteiger partial charge is 0.178 e. The highest BCUT2D eigenvalue weighted by Crippen LogP contribution is 2.38. The van der Waals surface area contributed by atoms with Crippen LogP contribution in [0.2, 0.25) is 0 Å². The zero-order chi connectivity index (χ0) is 21.2. The second-order valence-corrected chi connectivity index (χ2v) is 7.53. The van der Waals surface area contributed by atoms with Crippen LogP contribution in [0.4, 0.5) is 10.1 Å². The Bertz CT molecular complexity index is 1260. The molecular weight excluding hydrogens is 391 g/mol. The standard InChI is InChI=1S/C24H19FN6/c25-21-10-8-17(9-11-21)16-31-24(27-28-29-31)23(20-6-3-4-18(14-20)15-26)30-13-12-19-5-1-2-7-22(19)30/h1-11,14,23H,12-13,16H2/t23-/m0/s1. The topological polar surface area (TPSA) is 70.6 Å². The summed E-state index contributed by atoms with van der Waals surface area (Å²) in [7, 11) is 0. The maximum absolute atomic E-state index is 13.3. The van der Waals surface area contributed by atoms with E-state index in [-0.39, 0.29) is 11.9 Å². The number of rotatable bonds is 5. The van der Waals surface area contributed by atoms with E-state index in [0.717, 1.165) is 29.8 Å². The first-order valence-corrected chi connectivity index (χ1v) is 10.1. The maximum atomic E-state index is 13.3. The lowest BCUT2D eigenvalue weighted by molar-refractivity contribution is 0.577. The monoisotopic (exact) mass is 410 g/mol. The van der Waals surface area contributed by atoms with Crippen LogP contribution in [0, 0.1) is 17.1 Å². The maximum Gasteiger partial charge on any atom is 0.178 e. The minimum absolute atomic E-state index is 0.257. The van der Waals surface area contributed by atoms with Crippen molar-refractivity contribution in [2.45, 2.75) is 19.0 Å². The summed E-state index contributed by atoms with van der Waals surface area (Å²) in [5, 5.41) is 22.0. The molecule has 0 saturated heterocycles. The van der Waals surface area contributed by atoms with Gasteiger partial charge in [0.25, 0.3) is 0 Å². The summed E-state index contributed by atoms with van der Waals surface area (Å²) >= 11 is 0. The van der Waals surface area contributed by atoms with Crippen molar-refractivity contribution in [1.29, 1.82) is 5.26 Å². The lowest BCUT2D eigenvalue weighted by Gasteiger charge is -2.30. The van der Waals surface area contributed by atoms with E-state index in [1.54, 1.807) is 22.9 Å². The van der Waals surface area contributed by atoms with Gasteiger partial charge in [-0.15, -0.1) is 5.10 Å². The first-order chi connectivity index (χ1) is 15.2. The zero-order valence-corrected chi connectivity index (χ0v) is 16.7. The van der Waals surface area contributed by atoms with Gasteiger partial charge < -0.3 is 4.90 Å². The number of benzene rings is 3. The van der Waals surface area contributed by atoms with Crippen molar-refractivity contribution in [3.05, 3.63) is 107 Å². The van der Waals surface area contributed by atoms with Crippen LogP contribution in [0.1, 0.15) is 34.1 Å². The number of anilines is 1. The number of tetrazole rings is 1. The molecule has 1 aliphatic heterocycles. The summed E-state index contributed by atoms with van der Waals surface area (Å²) in [4.78, 5) is 2.29. The third-order valence-corrected chi connectivity index (χ3v) is 5.62. The van der Waals surface area contributed by atoms with Gasteiger partial charge in [-0.1, -0.05) is 42.5 Å². The molecule has 1 aromatic heterocycles. The number of hydrogen-bond acceptors (Lipinski definition) is 5. The fourth-order valence-electron chi connectivity index (χ4n) is 4.16. The molecular formula is C24H19FN6. The normalized spacial score (nSPS) is 13.6. The Kier molecular flexibility index (Phi) is 4.89. The van der Waals surface area contributed by atoms with Gasteiger partial charge in [0.15, 0.2) is 5.82 Å². The van der Waals surface area contributed by atoms with Crippen LogP contribution >= 0.6 is 0 Å². The van der Waals surface area contributed by atoms with Gasteiger partial charge in [0.1, 0.15) is 11.9 Å². The average molecular weight is 410 g/mol. The quantitative estimate of drug-likeness (QED) is 0.499. The van der Waals surface area contributed by atoms with E-state index in [1.807, 2.05) is 30.3 Å². The van der Waals surface area contributed by atoms with E-state index in [4.69, 9.17) is 0 Å². The summed E-state index contributed by atoms with van der Waals surface area (Å²) in [6.45, 7) is 1.25. The molecule has 0 amide bonds. The predicted octanol–water partition coefficient (Wildman–Crippen LogP) is 3.88. The second-order valence-electron chi connectivity index (χ2n) is 7.53. The lowest BCUT2D eigenvalue weighted by Crippen LogP contribution is -2.30. The molecule has 0 radical (unpaired) electrons. The summed E-state index contributed by atoms with van der Waals surface area (Å²) in [5.74, 6) is 0.400. The van der Waals surface area contributed by atoms with Gasteiger partial charge in [-0.25, -0.2) is 9.07 Å². The van der Waals surface area contributed by atoms with Crippen LogP contribution in [0.25, 0.3) is 0 Å². The van der Waals surface area contributed by atoms with Crippen LogP contribution in [-0.2, 0) is 13.0 Å². The fourth-order valence-corrected chi connectivity index (χ4v) is 4.16. The summed E-state index contributed by atoms with van der Waals surface area (Å²) in [5.41, 5.74) is 4.87. The molecule has 0 bridgehead atoms. The first kappa shape index (κ1) is 18.9. The highest BCUT2D eigenvalue weighted by atomic mass is 19.1. The second kappa shape index (κ2) is 8.00. The minimum Gasteiger partial charge on any atom is -0.357 e. The van der Waals surface area contributed by atoms with Gasteiger partial charge in [0.05, 0.1) is 18.2 Å². The van der Waals surface area contributed by atoms with Crippen LogP contribution in [0.5, 0.6) is 0 Å². The molecule has 4 aromatic rings. The molecule has 3 aromatic carbocycles. The molecule has 0 fully saturated rings. The van der Waals surface area contributed by atoms with Gasteiger partial charge in [0, 0.05) is 12.2 Å². The third kappa shape index (κ3) is 3.64. The predicted molar refractivity (Wildman–Crippen MR) is 114 cm³/mol. The number of halogens is 1. The summed E-state index contributed by atoms with van der Waals surface area (Å²) in [6, 6.07) is 24.2. The van der Waals surface area contributed by atoms with E-state index < -0.39 is 0 Å². The summed E-state index contributed by atoms with van der Waals surface area (Å²) in [6.07, 6.45) is 0.935. The molecule has 1 aliphatic rings. The van der Waals surface area contributed by atoms with Crippen molar-refractivity contribution in [3.63, 3.8) is 0 Å². The summed E-state index contributed by atoms with van der Waals surface area (Å²) < 4.78 is 15.1. The van der Waals surface area contributed by atoms with Gasteiger partial charge in [-0.3, -0.25) is 0 Å². The third-order valence-electron chi connectivity index (χ3n) is 5.62. The first-order valence-electron chi connectivity index (χ1n) is 10.1. The molecule has 152 valence electrons. The zero-order valence-electron chi connectivity index (χ0n) is 16.7. The van der Waals surface area contributed by atoms with Crippen molar-refractivity contribution in [2.24, 2.45) is 0 Å². The molecule has 0 saturated carbocycles. The molecule has 1 atom stereocenters. The molecule has 6 nitrogen and oxygen atoms in total. The molecule has 5 rings (SSSR count). The van der Waals surface area contributed by atoms with E-state index in [9.17, 15) is 9.65 Å². The van der Waals surface area contributed by atoms with E-state index >= 15 is 0 Å². The van der Waals surface area contributed by atoms with Gasteiger partial charge in [-0.05, 0) is 63.9 Å². The van der Waals surface area contributed by atoms with E-state index in [1.165, 1.54) is 17.7 Å². The van der Waals surface area contributed by atoms with Crippen LogP contribution in [0.15, 0.2) is 72.8 Å². The van der Waals surface area contributed by atoms with Crippen molar-refractivity contribution in [1.82, 2.24) is 20.2 Å². The van der Waals surface area contributed by atoms with E-state index in [0.29, 0.717) is 17.9 Å². The van der Waals surface area contributed by atoms with Gasteiger partial charge in [0.2, 0.25) is 0 Å². The molecule has 7 heteroatoms. The van der Waals surface area contributed by atoms with Gasteiger partial charge in [-0.2, -0.15) is 5.26 Å². The SMILES string of the molecule is N#Cc1cccc([C@@H](c2nnnn2Cc2ccc(F)cc2)N2CCc3ccccc32)c1. The molecule has 0 N–H and O–H groups in total. The molecule has 0 aliphatic carbocycles. The largest absolute Gasteiger partial charge is 0.357 e. The minimum atomic E-state index is -0.277. The highest BCUT2D eigenvalue weighted by Gasteiger charge is 2.32. The molecule has 31 heavy (non-hydrogen) atoms. The van der Waals surface area contributed by atoms with Crippen LogP contribution in [0.3, 0.4) is 0 Å². The molecule has 2 heterocycles. The van der Waals surface area contributed by atoms with Crippen LogP contribution in [-0.4, -0.2) is 26.8 Å². The van der Waals surface area contributed by atoms with Crippen molar-refractivity contribution >= 4 is 5.69 Å². The Balaban J connectivity index is 1.60. The fraction of sp³-hybridized carbons (Fsp3) is 0.167. The van der Waals surface area contributed by atoms with Crippen molar-refractivity contribution < 1.29 is 4.39 Å². The van der Waals surface area contributed by atoms with Crippen molar-refractivity contribution in [3.8, 4) is 6.07 Å². The molecule has 0 spiro atoms. The average Bonchev–Trinajstić information content (AvgIpc) is 3.44. The van der Waals surface area contributed by atoms with Crippen molar-refractivity contribution in [2.75, 3.05) is 11.4 Å². The number of aromatic nitrogens is 4. The highest BCUT2D eigenvalue weighted by molar-refractivity contribution is 5.61. The Hall–Kier alpha value is -4.05. The number of para-hydroxylation sites is 1. The molecule has 0 unspecified atom stereocenters. The lowest BCUT2D eigenvalue weighted by atomic mass is 10.0. The number of fused-ring (bicyclic) bond motifs is 1. The van der Waals surface area contributed by atoms with Gasteiger partial charge >= 0.3 is 0 Å². The Morgan fingerprint density at radius 3 is 2.71 bits per heavy atom.